The minimum atomic E-state index is 0. The molecule has 3 N–H and O–H groups in total. The van der Waals surface area contributed by atoms with Crippen molar-refractivity contribution >= 4 is 30.3 Å². The van der Waals surface area contributed by atoms with E-state index < -0.39 is 0 Å². The van der Waals surface area contributed by atoms with E-state index in [0.29, 0.717) is 17.9 Å². The second kappa shape index (κ2) is 5.49. The molecule has 0 aliphatic heterocycles. The first-order chi connectivity index (χ1) is 6.20. The second-order valence-corrected chi connectivity index (χ2v) is 2.84. The Morgan fingerprint density at radius 1 is 1.64 bits per heavy atom. The van der Waals surface area contributed by atoms with E-state index >= 15 is 0 Å². The number of halogens is 1. The average Bonchev–Trinajstić information content (AvgIpc) is 2.34. The van der Waals surface area contributed by atoms with Gasteiger partial charge in [0.25, 0.3) is 0 Å². The third kappa shape index (κ3) is 2.38. The Morgan fingerprint density at radius 2 is 2.29 bits per heavy atom. The van der Waals surface area contributed by atoms with Crippen molar-refractivity contribution in [1.82, 2.24) is 9.78 Å². The van der Waals surface area contributed by atoms with Crippen molar-refractivity contribution in [3.63, 3.8) is 0 Å². The number of nitrogens with two attached hydrogens (primary N) is 1. The molecule has 0 radical (unpaired) electrons. The van der Waals surface area contributed by atoms with Crippen molar-refractivity contribution in [2.45, 2.75) is 19.8 Å². The molecule has 0 aliphatic rings. The van der Waals surface area contributed by atoms with E-state index in [2.05, 4.69) is 17.3 Å². The van der Waals surface area contributed by atoms with Gasteiger partial charge in [0.15, 0.2) is 5.82 Å². The lowest BCUT2D eigenvalue weighted by Crippen LogP contribution is -2.03. The molecule has 14 heavy (non-hydrogen) atoms. The molecule has 6 heteroatoms. The van der Waals surface area contributed by atoms with Crippen molar-refractivity contribution in [3.05, 3.63) is 5.69 Å². The number of carbonyl (C=O) groups is 1. The van der Waals surface area contributed by atoms with Gasteiger partial charge in [-0.1, -0.05) is 13.3 Å². The molecular formula is C8H15ClN4O. The third-order valence-corrected chi connectivity index (χ3v) is 1.84. The molecule has 1 heterocycles. The summed E-state index contributed by atoms with van der Waals surface area (Å²) >= 11 is 0. The van der Waals surface area contributed by atoms with E-state index in [1.807, 2.05) is 0 Å². The summed E-state index contributed by atoms with van der Waals surface area (Å²) in [6.07, 6.45) is 2.42. The Bertz CT molecular complexity index is 311. The van der Waals surface area contributed by atoms with Crippen LogP contribution in [0.2, 0.25) is 0 Å². The summed E-state index contributed by atoms with van der Waals surface area (Å²) in [6.45, 7) is 2.06. The molecule has 0 aromatic carbocycles. The maximum Gasteiger partial charge on any atom is 0.212 e. The number of carbonyl (C=O) groups excluding carboxylic acids is 1. The summed E-state index contributed by atoms with van der Waals surface area (Å²) < 4.78 is 1.58. The van der Waals surface area contributed by atoms with Gasteiger partial charge in [0.2, 0.25) is 6.41 Å². The quantitative estimate of drug-likeness (QED) is 0.739. The Labute approximate surface area is 89.1 Å². The van der Waals surface area contributed by atoms with Gasteiger partial charge in [-0.3, -0.25) is 9.48 Å². The van der Waals surface area contributed by atoms with Crippen molar-refractivity contribution in [1.29, 1.82) is 0 Å². The molecule has 0 spiro atoms. The van der Waals surface area contributed by atoms with Crippen LogP contribution in [0.25, 0.3) is 0 Å². The van der Waals surface area contributed by atoms with E-state index in [0.717, 1.165) is 18.5 Å². The molecule has 1 rings (SSSR count). The molecule has 0 bridgehead atoms. The van der Waals surface area contributed by atoms with E-state index in [1.54, 1.807) is 11.7 Å². The van der Waals surface area contributed by atoms with Gasteiger partial charge in [0, 0.05) is 7.05 Å². The number of amides is 1. The molecule has 0 saturated carbocycles. The Kier molecular flexibility index (Phi) is 5.01. The minimum Gasteiger partial charge on any atom is -0.394 e. The number of rotatable bonds is 4. The van der Waals surface area contributed by atoms with Crippen LogP contribution in [-0.2, 0) is 18.3 Å². The topological polar surface area (TPSA) is 72.9 Å². The highest BCUT2D eigenvalue weighted by molar-refractivity contribution is 5.85. The predicted molar refractivity (Wildman–Crippen MR) is 58.6 cm³/mol. The average molecular weight is 219 g/mol. The zero-order chi connectivity index (χ0) is 9.84. The highest BCUT2D eigenvalue weighted by Gasteiger charge is 2.11. The van der Waals surface area contributed by atoms with Crippen molar-refractivity contribution < 1.29 is 4.79 Å². The maximum atomic E-state index is 10.2. The molecule has 1 aromatic heterocycles. The van der Waals surface area contributed by atoms with Crippen LogP contribution in [0.15, 0.2) is 0 Å². The monoisotopic (exact) mass is 218 g/mol. The molecule has 1 amide bonds. The summed E-state index contributed by atoms with van der Waals surface area (Å²) in [4.78, 5) is 10.2. The number of aryl methyl sites for hydroxylation is 2. The Hall–Kier alpha value is -1.23. The number of aromatic nitrogens is 2. The summed E-state index contributed by atoms with van der Waals surface area (Å²) in [6, 6.07) is 0. The summed E-state index contributed by atoms with van der Waals surface area (Å²) in [7, 11) is 1.75. The van der Waals surface area contributed by atoms with Gasteiger partial charge in [-0.15, -0.1) is 12.4 Å². The lowest BCUT2D eigenvalue weighted by atomic mass is 10.2. The van der Waals surface area contributed by atoms with Crippen LogP contribution in [0.3, 0.4) is 0 Å². The summed E-state index contributed by atoms with van der Waals surface area (Å²) in [5, 5.41) is 6.71. The van der Waals surface area contributed by atoms with Gasteiger partial charge in [-0.25, -0.2) is 0 Å². The first-order valence-electron chi connectivity index (χ1n) is 4.22. The van der Waals surface area contributed by atoms with Gasteiger partial charge >= 0.3 is 0 Å². The molecule has 80 valence electrons. The van der Waals surface area contributed by atoms with Gasteiger partial charge < -0.3 is 11.1 Å². The molecule has 1 aromatic rings. The first kappa shape index (κ1) is 12.8. The number of anilines is 2. The SMILES string of the molecule is CCCc1nn(C)c(NC=O)c1N.Cl. The number of hydrogen-bond acceptors (Lipinski definition) is 3. The van der Waals surface area contributed by atoms with Crippen LogP contribution < -0.4 is 11.1 Å². The Balaban J connectivity index is 0.00000169. The minimum absolute atomic E-state index is 0. The van der Waals surface area contributed by atoms with Gasteiger partial charge in [0.05, 0.1) is 11.4 Å². The normalized spacial score (nSPS) is 9.29. The van der Waals surface area contributed by atoms with Crippen LogP contribution in [0.5, 0.6) is 0 Å². The maximum absolute atomic E-state index is 10.2. The molecule has 0 unspecified atom stereocenters. The fraction of sp³-hybridized carbons (Fsp3) is 0.500. The van der Waals surface area contributed by atoms with Crippen LogP contribution >= 0.6 is 12.4 Å². The van der Waals surface area contributed by atoms with E-state index in [4.69, 9.17) is 5.73 Å². The fourth-order valence-corrected chi connectivity index (χ4v) is 1.24. The van der Waals surface area contributed by atoms with Crippen molar-refractivity contribution in [2.75, 3.05) is 11.1 Å². The van der Waals surface area contributed by atoms with Crippen LogP contribution in [0.4, 0.5) is 11.5 Å². The van der Waals surface area contributed by atoms with E-state index in [-0.39, 0.29) is 12.4 Å². The number of nitrogen functional groups attached to an aromatic ring is 1. The van der Waals surface area contributed by atoms with Crippen molar-refractivity contribution in [3.8, 4) is 0 Å². The van der Waals surface area contributed by atoms with Gasteiger partial charge in [-0.2, -0.15) is 5.10 Å². The molecule has 0 atom stereocenters. The van der Waals surface area contributed by atoms with Crippen LogP contribution in [-0.4, -0.2) is 16.2 Å². The lowest BCUT2D eigenvalue weighted by molar-refractivity contribution is -0.105. The highest BCUT2D eigenvalue weighted by atomic mass is 35.5. The largest absolute Gasteiger partial charge is 0.394 e. The summed E-state index contributed by atoms with van der Waals surface area (Å²) in [5.41, 5.74) is 7.18. The van der Waals surface area contributed by atoms with Crippen LogP contribution in [0.1, 0.15) is 19.0 Å². The summed E-state index contributed by atoms with van der Waals surface area (Å²) in [5.74, 6) is 0.568. The van der Waals surface area contributed by atoms with E-state index in [1.165, 1.54) is 0 Å². The molecule has 0 saturated heterocycles. The predicted octanol–water partition coefficient (Wildman–Crippen LogP) is 0.945. The van der Waals surface area contributed by atoms with Crippen molar-refractivity contribution in [2.24, 2.45) is 7.05 Å². The van der Waals surface area contributed by atoms with Gasteiger partial charge in [-0.05, 0) is 6.42 Å². The number of hydrogen-bond donors (Lipinski definition) is 2. The third-order valence-electron chi connectivity index (χ3n) is 1.84. The Morgan fingerprint density at radius 3 is 2.79 bits per heavy atom. The number of nitrogens with one attached hydrogen (secondary N) is 1. The van der Waals surface area contributed by atoms with E-state index in [9.17, 15) is 4.79 Å². The standard InChI is InChI=1S/C8H14N4O.ClH/c1-3-4-6-7(9)8(10-5-13)12(2)11-6;/h5H,3-4,9H2,1-2H3,(H,10,13);1H. The molecule has 5 nitrogen and oxygen atoms in total. The van der Waals surface area contributed by atoms with Crippen LogP contribution in [0, 0.1) is 0 Å². The zero-order valence-electron chi connectivity index (χ0n) is 8.28. The van der Waals surface area contributed by atoms with Gasteiger partial charge in [0.1, 0.15) is 0 Å². The smallest absolute Gasteiger partial charge is 0.212 e. The lowest BCUT2D eigenvalue weighted by Gasteiger charge is -1.98. The second-order valence-electron chi connectivity index (χ2n) is 2.84. The first-order valence-corrected chi connectivity index (χ1v) is 4.22. The fourth-order valence-electron chi connectivity index (χ4n) is 1.24. The zero-order valence-corrected chi connectivity index (χ0v) is 9.10. The highest BCUT2D eigenvalue weighted by Crippen LogP contribution is 2.21. The number of nitrogens with zero attached hydrogens (tertiary/aromatic N) is 2. The molecule has 0 aliphatic carbocycles. The molecule has 0 fully saturated rings. The molecular weight excluding hydrogens is 204 g/mol.